The normalized spacial score (nSPS) is 26.8. The third-order valence-corrected chi connectivity index (χ3v) is 5.54. The van der Waals surface area contributed by atoms with Gasteiger partial charge in [0.1, 0.15) is 5.82 Å². The zero-order valence-corrected chi connectivity index (χ0v) is 14.8. The van der Waals surface area contributed by atoms with E-state index in [0.29, 0.717) is 0 Å². The van der Waals surface area contributed by atoms with Gasteiger partial charge >= 0.3 is 0 Å². The fourth-order valence-electron chi connectivity index (χ4n) is 4.20. The molecule has 1 N–H and O–H groups in total. The summed E-state index contributed by atoms with van der Waals surface area (Å²) >= 11 is 0. The first-order valence-corrected chi connectivity index (χ1v) is 8.95. The molecule has 2 heterocycles. The van der Waals surface area contributed by atoms with E-state index in [4.69, 9.17) is 4.74 Å². The number of ether oxygens (including phenoxy) is 1. The molecule has 1 fully saturated rings. The van der Waals surface area contributed by atoms with E-state index in [1.165, 1.54) is 0 Å². The van der Waals surface area contributed by atoms with Crippen LogP contribution in [0.5, 0.6) is 0 Å². The van der Waals surface area contributed by atoms with Gasteiger partial charge in [-0.1, -0.05) is 12.1 Å². The highest BCUT2D eigenvalue weighted by molar-refractivity contribution is 5.35. The molecule has 134 valence electrons. The lowest BCUT2D eigenvalue weighted by molar-refractivity contribution is -0.0647. The second-order valence-electron chi connectivity index (χ2n) is 7.02. The molecular formula is C19H25FN4O. The lowest BCUT2D eigenvalue weighted by Gasteiger charge is -2.39. The number of nitrogens with one attached hydrogen (secondary N) is 1. The summed E-state index contributed by atoms with van der Waals surface area (Å²) in [6, 6.07) is 7.82. The maximum atomic E-state index is 13.9. The third kappa shape index (κ3) is 3.10. The molecule has 25 heavy (non-hydrogen) atoms. The van der Waals surface area contributed by atoms with Gasteiger partial charge in [-0.25, -0.2) is 4.39 Å². The van der Waals surface area contributed by atoms with Crippen LogP contribution in [0.1, 0.15) is 35.3 Å². The van der Waals surface area contributed by atoms with Gasteiger partial charge in [0.2, 0.25) is 0 Å². The SMILES string of the molecule is CN1CCO[C@@H](CNC2CCc3c(F)cccc32)[C@@H]1c1ccnn1C. The molecule has 1 aliphatic carbocycles. The highest BCUT2D eigenvalue weighted by Gasteiger charge is 2.34. The molecule has 2 aliphatic rings. The standard InChI is InChI=1S/C19H25FN4O/c1-23-10-11-25-18(19(23)17-8-9-22-24(17)2)12-21-16-7-6-13-14(16)4-3-5-15(13)20/h3-5,8-9,16,18-19,21H,6-7,10-12H2,1-2H3/t16?,18-,19-/m0/s1. The van der Waals surface area contributed by atoms with E-state index >= 15 is 0 Å². The number of benzene rings is 1. The number of nitrogens with zero attached hydrogens (tertiary/aromatic N) is 3. The monoisotopic (exact) mass is 344 g/mol. The molecule has 1 aromatic carbocycles. The first-order chi connectivity index (χ1) is 12.1. The molecule has 0 radical (unpaired) electrons. The number of aryl methyl sites for hydroxylation is 1. The Morgan fingerprint density at radius 3 is 3.00 bits per heavy atom. The molecule has 1 aliphatic heterocycles. The predicted octanol–water partition coefficient (Wildman–Crippen LogP) is 2.21. The lowest BCUT2D eigenvalue weighted by Crippen LogP contribution is -2.48. The number of likely N-dealkylation sites (N-methyl/N-ethyl adjacent to an activating group) is 1. The van der Waals surface area contributed by atoms with E-state index in [1.807, 2.05) is 24.0 Å². The van der Waals surface area contributed by atoms with Crippen LogP contribution >= 0.6 is 0 Å². The maximum Gasteiger partial charge on any atom is 0.126 e. The summed E-state index contributed by atoms with van der Waals surface area (Å²) in [6.07, 6.45) is 3.62. The van der Waals surface area contributed by atoms with Crippen molar-refractivity contribution in [2.24, 2.45) is 7.05 Å². The van der Waals surface area contributed by atoms with Crippen molar-refractivity contribution >= 4 is 0 Å². The van der Waals surface area contributed by atoms with Crippen LogP contribution in [0.25, 0.3) is 0 Å². The van der Waals surface area contributed by atoms with Crippen molar-refractivity contribution < 1.29 is 9.13 Å². The number of hydrogen-bond donors (Lipinski definition) is 1. The molecule has 1 unspecified atom stereocenters. The summed E-state index contributed by atoms with van der Waals surface area (Å²) in [4.78, 5) is 2.33. The number of morpholine rings is 1. The summed E-state index contributed by atoms with van der Waals surface area (Å²) in [5.41, 5.74) is 3.12. The van der Waals surface area contributed by atoms with Gasteiger partial charge in [-0.2, -0.15) is 5.10 Å². The summed E-state index contributed by atoms with van der Waals surface area (Å²) in [6.45, 7) is 2.37. The van der Waals surface area contributed by atoms with Gasteiger partial charge in [0.15, 0.2) is 0 Å². The average molecular weight is 344 g/mol. The van der Waals surface area contributed by atoms with E-state index in [1.54, 1.807) is 12.1 Å². The fraction of sp³-hybridized carbons (Fsp3) is 0.526. The molecule has 4 rings (SSSR count). The molecule has 1 saturated heterocycles. The van der Waals surface area contributed by atoms with Gasteiger partial charge in [-0.05, 0) is 43.1 Å². The van der Waals surface area contributed by atoms with E-state index < -0.39 is 0 Å². The Morgan fingerprint density at radius 2 is 2.20 bits per heavy atom. The van der Waals surface area contributed by atoms with Crippen molar-refractivity contribution in [3.63, 3.8) is 0 Å². The van der Waals surface area contributed by atoms with Gasteiger partial charge in [0.05, 0.1) is 24.4 Å². The van der Waals surface area contributed by atoms with Gasteiger partial charge in [0.25, 0.3) is 0 Å². The third-order valence-electron chi connectivity index (χ3n) is 5.54. The molecule has 0 bridgehead atoms. The van der Waals surface area contributed by atoms with Crippen molar-refractivity contribution in [3.8, 4) is 0 Å². The Hall–Kier alpha value is -1.76. The molecule has 1 aromatic heterocycles. The minimum absolute atomic E-state index is 0.0479. The molecule has 6 heteroatoms. The smallest absolute Gasteiger partial charge is 0.126 e. The summed E-state index contributed by atoms with van der Waals surface area (Å²) in [5.74, 6) is -0.0804. The number of hydrogen-bond acceptors (Lipinski definition) is 4. The Balaban J connectivity index is 1.49. The van der Waals surface area contributed by atoms with Crippen molar-refractivity contribution in [1.82, 2.24) is 20.0 Å². The highest BCUT2D eigenvalue weighted by atomic mass is 19.1. The van der Waals surface area contributed by atoms with Crippen LogP contribution in [0.15, 0.2) is 30.5 Å². The number of aromatic nitrogens is 2. The summed E-state index contributed by atoms with van der Waals surface area (Å²) in [7, 11) is 4.10. The number of rotatable bonds is 4. The van der Waals surface area contributed by atoms with Gasteiger partial charge in [-0.3, -0.25) is 9.58 Å². The van der Waals surface area contributed by atoms with Crippen molar-refractivity contribution in [2.45, 2.75) is 31.0 Å². The molecular weight excluding hydrogens is 319 g/mol. The minimum Gasteiger partial charge on any atom is -0.374 e. The number of fused-ring (bicyclic) bond motifs is 1. The van der Waals surface area contributed by atoms with Crippen molar-refractivity contribution in [1.29, 1.82) is 0 Å². The summed E-state index contributed by atoms with van der Waals surface area (Å²) in [5, 5.41) is 7.93. The van der Waals surface area contributed by atoms with Gasteiger partial charge in [0, 0.05) is 32.4 Å². The highest BCUT2D eigenvalue weighted by Crippen LogP contribution is 2.33. The lowest BCUT2D eigenvalue weighted by atomic mass is 10.0. The van der Waals surface area contributed by atoms with Gasteiger partial charge in [-0.15, -0.1) is 0 Å². The van der Waals surface area contributed by atoms with E-state index in [-0.39, 0.29) is 24.0 Å². The number of halogens is 1. The zero-order chi connectivity index (χ0) is 17.4. The minimum atomic E-state index is -0.0804. The van der Waals surface area contributed by atoms with E-state index in [2.05, 4.69) is 28.4 Å². The zero-order valence-electron chi connectivity index (χ0n) is 14.8. The second-order valence-corrected chi connectivity index (χ2v) is 7.02. The molecule has 5 nitrogen and oxygen atoms in total. The van der Waals surface area contributed by atoms with Gasteiger partial charge < -0.3 is 10.1 Å². The summed E-state index contributed by atoms with van der Waals surface area (Å²) < 4.78 is 21.9. The van der Waals surface area contributed by atoms with Crippen LogP contribution in [0, 0.1) is 5.82 Å². The first kappa shape index (κ1) is 16.7. The maximum absolute atomic E-state index is 13.9. The predicted molar refractivity (Wildman–Crippen MR) is 93.8 cm³/mol. The van der Waals surface area contributed by atoms with Crippen molar-refractivity contribution in [3.05, 3.63) is 53.1 Å². The van der Waals surface area contributed by atoms with Crippen LogP contribution in [-0.2, 0) is 18.2 Å². The van der Waals surface area contributed by atoms with E-state index in [9.17, 15) is 4.39 Å². The quantitative estimate of drug-likeness (QED) is 0.923. The Labute approximate surface area is 147 Å². The Kier molecular flexibility index (Phi) is 4.58. The van der Waals surface area contributed by atoms with Crippen LogP contribution < -0.4 is 5.32 Å². The van der Waals surface area contributed by atoms with Crippen LogP contribution in [0.4, 0.5) is 4.39 Å². The first-order valence-electron chi connectivity index (χ1n) is 8.95. The Bertz CT molecular complexity index is 747. The molecule has 0 spiro atoms. The molecule has 0 saturated carbocycles. The van der Waals surface area contributed by atoms with Crippen LogP contribution in [0.2, 0.25) is 0 Å². The van der Waals surface area contributed by atoms with Crippen LogP contribution in [0.3, 0.4) is 0 Å². The molecule has 3 atom stereocenters. The van der Waals surface area contributed by atoms with Crippen molar-refractivity contribution in [2.75, 3.05) is 26.7 Å². The topological polar surface area (TPSA) is 42.3 Å². The Morgan fingerprint density at radius 1 is 1.32 bits per heavy atom. The molecule has 2 aromatic rings. The van der Waals surface area contributed by atoms with Crippen LogP contribution in [-0.4, -0.2) is 47.5 Å². The largest absolute Gasteiger partial charge is 0.374 e. The molecule has 0 amide bonds. The second kappa shape index (κ2) is 6.86. The van der Waals surface area contributed by atoms with E-state index in [0.717, 1.165) is 49.4 Å². The fourth-order valence-corrected chi connectivity index (χ4v) is 4.20. The average Bonchev–Trinajstić information content (AvgIpc) is 3.20.